The van der Waals surface area contributed by atoms with Crippen LogP contribution in [0.15, 0.2) is 24.2 Å². The summed E-state index contributed by atoms with van der Waals surface area (Å²) in [6, 6.07) is 3.45. The molecule has 1 aliphatic heterocycles. The SMILES string of the molecule is CC(C)CC(=O)c1ccc(CN2C=C(O)NS2(=O)=O)s1. The van der Waals surface area contributed by atoms with E-state index in [9.17, 15) is 18.3 Å². The van der Waals surface area contributed by atoms with Gasteiger partial charge in [-0.3, -0.25) is 4.79 Å². The van der Waals surface area contributed by atoms with Crippen molar-refractivity contribution in [2.24, 2.45) is 5.92 Å². The molecule has 0 saturated carbocycles. The molecule has 1 aromatic heterocycles. The van der Waals surface area contributed by atoms with Gasteiger partial charge in [0.15, 0.2) is 5.78 Å². The van der Waals surface area contributed by atoms with Crippen molar-refractivity contribution < 1.29 is 18.3 Å². The van der Waals surface area contributed by atoms with Crippen molar-refractivity contribution in [3.05, 3.63) is 34.0 Å². The first kappa shape index (κ1) is 14.9. The third kappa shape index (κ3) is 3.31. The number of nitrogens with zero attached hydrogens (tertiary/aromatic N) is 1. The van der Waals surface area contributed by atoms with Crippen molar-refractivity contribution in [2.45, 2.75) is 26.8 Å². The number of hydrogen-bond donors (Lipinski definition) is 2. The van der Waals surface area contributed by atoms with E-state index >= 15 is 0 Å². The molecule has 0 spiro atoms. The lowest BCUT2D eigenvalue weighted by atomic mass is 10.1. The predicted octanol–water partition coefficient (Wildman–Crippen LogP) is 1.98. The zero-order valence-corrected chi connectivity index (χ0v) is 12.8. The molecule has 2 rings (SSSR count). The number of carbonyl (C=O) groups is 1. The largest absolute Gasteiger partial charge is 0.493 e. The molecule has 8 heteroatoms. The molecule has 0 bridgehead atoms. The summed E-state index contributed by atoms with van der Waals surface area (Å²) in [5.41, 5.74) is 0. The van der Waals surface area contributed by atoms with E-state index in [2.05, 4.69) is 0 Å². The smallest absolute Gasteiger partial charge is 0.326 e. The Bertz CT molecular complexity index is 646. The van der Waals surface area contributed by atoms with Crippen molar-refractivity contribution in [1.29, 1.82) is 0 Å². The van der Waals surface area contributed by atoms with Crippen molar-refractivity contribution in [1.82, 2.24) is 9.03 Å². The van der Waals surface area contributed by atoms with Gasteiger partial charge in [0.25, 0.3) is 0 Å². The average molecular weight is 316 g/mol. The first-order valence-electron chi connectivity index (χ1n) is 6.10. The molecule has 2 N–H and O–H groups in total. The van der Waals surface area contributed by atoms with Crippen LogP contribution in [0.5, 0.6) is 0 Å². The van der Waals surface area contributed by atoms with Gasteiger partial charge in [-0.2, -0.15) is 8.42 Å². The monoisotopic (exact) mass is 316 g/mol. The van der Waals surface area contributed by atoms with Gasteiger partial charge in [-0.1, -0.05) is 13.8 Å². The summed E-state index contributed by atoms with van der Waals surface area (Å²) >= 11 is 1.28. The minimum Gasteiger partial charge on any atom is -0.493 e. The molecule has 0 aliphatic carbocycles. The van der Waals surface area contributed by atoms with Gasteiger partial charge in [-0.15, -0.1) is 11.3 Å². The molecule has 2 heterocycles. The fourth-order valence-electron chi connectivity index (χ4n) is 1.79. The number of ketones is 1. The second kappa shape index (κ2) is 5.45. The second-order valence-electron chi connectivity index (χ2n) is 4.95. The Balaban J connectivity index is 2.09. The van der Waals surface area contributed by atoms with Gasteiger partial charge < -0.3 is 5.11 Å². The van der Waals surface area contributed by atoms with Crippen LogP contribution >= 0.6 is 11.3 Å². The van der Waals surface area contributed by atoms with E-state index in [0.717, 1.165) is 15.4 Å². The standard InChI is InChI=1S/C12H16N2O4S2/c1-8(2)5-10(15)11-4-3-9(19-11)6-14-7-12(16)13-20(14,17)18/h3-4,7-8,13,16H,5-6H2,1-2H3. The normalized spacial score (nSPS) is 17.1. The number of rotatable bonds is 5. The Morgan fingerprint density at radius 1 is 1.45 bits per heavy atom. The van der Waals surface area contributed by atoms with Gasteiger partial charge in [-0.05, 0) is 18.1 Å². The summed E-state index contributed by atoms with van der Waals surface area (Å²) in [5, 5.41) is 9.18. The number of carbonyl (C=O) groups excluding carboxylic acids is 1. The van der Waals surface area contributed by atoms with Crippen molar-refractivity contribution in [3.63, 3.8) is 0 Å². The van der Waals surface area contributed by atoms with Crippen molar-refractivity contribution in [3.8, 4) is 0 Å². The topological polar surface area (TPSA) is 86.7 Å². The molecule has 0 fully saturated rings. The summed E-state index contributed by atoms with van der Waals surface area (Å²) in [6.45, 7) is 4.05. The molecule has 1 aliphatic rings. The lowest BCUT2D eigenvalue weighted by molar-refractivity contribution is 0.0972. The third-order valence-electron chi connectivity index (χ3n) is 2.65. The number of aliphatic hydroxyl groups is 1. The highest BCUT2D eigenvalue weighted by molar-refractivity contribution is 7.87. The van der Waals surface area contributed by atoms with Gasteiger partial charge in [0, 0.05) is 11.3 Å². The Morgan fingerprint density at radius 2 is 2.15 bits per heavy atom. The molecule has 0 radical (unpaired) electrons. The Morgan fingerprint density at radius 3 is 2.70 bits per heavy atom. The lowest BCUT2D eigenvalue weighted by Gasteiger charge is -2.11. The van der Waals surface area contributed by atoms with Gasteiger partial charge in [0.2, 0.25) is 5.88 Å². The van der Waals surface area contributed by atoms with Gasteiger partial charge in [0.05, 0.1) is 17.6 Å². The summed E-state index contributed by atoms with van der Waals surface area (Å²) in [6.07, 6.45) is 1.59. The number of aliphatic hydroxyl groups excluding tert-OH is 1. The number of thiophene rings is 1. The van der Waals surface area contributed by atoms with E-state index in [1.165, 1.54) is 11.3 Å². The minimum atomic E-state index is -3.70. The maximum atomic E-state index is 11.9. The van der Waals surface area contributed by atoms with Crippen molar-refractivity contribution in [2.75, 3.05) is 0 Å². The van der Waals surface area contributed by atoms with E-state index < -0.39 is 16.1 Å². The quantitative estimate of drug-likeness (QED) is 0.813. The van der Waals surface area contributed by atoms with Crippen LogP contribution in [0.4, 0.5) is 0 Å². The predicted molar refractivity (Wildman–Crippen MR) is 76.4 cm³/mol. The Kier molecular flexibility index (Phi) is 4.05. The number of Topliss-reactive ketones (excluding diaryl/α,β-unsaturated/α-hetero) is 1. The van der Waals surface area contributed by atoms with Crippen LogP contribution in [0.1, 0.15) is 34.8 Å². The highest BCUT2D eigenvalue weighted by atomic mass is 32.2. The molecular weight excluding hydrogens is 300 g/mol. The van der Waals surface area contributed by atoms with E-state index in [1.54, 1.807) is 12.1 Å². The fourth-order valence-corrected chi connectivity index (χ4v) is 3.81. The number of nitrogens with one attached hydrogen (secondary N) is 1. The summed E-state index contributed by atoms with van der Waals surface area (Å²) in [4.78, 5) is 13.3. The maximum absolute atomic E-state index is 11.9. The molecule has 6 nitrogen and oxygen atoms in total. The summed E-state index contributed by atoms with van der Waals surface area (Å²) in [5.74, 6) is -0.0502. The molecule has 0 unspecified atom stereocenters. The first-order chi connectivity index (χ1) is 9.28. The molecule has 110 valence electrons. The van der Waals surface area contributed by atoms with Crippen molar-refractivity contribution >= 4 is 27.3 Å². The third-order valence-corrected chi connectivity index (χ3v) is 5.08. The van der Waals surface area contributed by atoms with Crippen LogP contribution in [-0.2, 0) is 16.8 Å². The van der Waals surface area contributed by atoms with Crippen LogP contribution in [0.2, 0.25) is 0 Å². The van der Waals surface area contributed by atoms with Crippen LogP contribution in [0, 0.1) is 5.92 Å². The van der Waals surface area contributed by atoms with E-state index in [1.807, 2.05) is 18.6 Å². The second-order valence-corrected chi connectivity index (χ2v) is 7.75. The molecule has 0 saturated heterocycles. The molecular formula is C12H16N2O4S2. The number of hydrogen-bond acceptors (Lipinski definition) is 5. The van der Waals surface area contributed by atoms with Gasteiger partial charge in [-0.25, -0.2) is 9.03 Å². The van der Waals surface area contributed by atoms with Crippen LogP contribution in [0.25, 0.3) is 0 Å². The molecule has 0 amide bonds. The lowest BCUT2D eigenvalue weighted by Crippen LogP contribution is -2.29. The van der Waals surface area contributed by atoms with Crippen LogP contribution in [0.3, 0.4) is 0 Å². The zero-order chi connectivity index (χ0) is 14.9. The summed E-state index contributed by atoms with van der Waals surface area (Å²) in [7, 11) is -3.70. The Labute approximate surface area is 121 Å². The average Bonchev–Trinajstić information content (AvgIpc) is 2.83. The maximum Gasteiger partial charge on any atom is 0.326 e. The highest BCUT2D eigenvalue weighted by Crippen LogP contribution is 2.23. The molecule has 0 aromatic carbocycles. The van der Waals surface area contributed by atoms with Crippen LogP contribution < -0.4 is 4.72 Å². The molecule has 0 atom stereocenters. The van der Waals surface area contributed by atoms with E-state index in [4.69, 9.17) is 0 Å². The molecule has 1 aromatic rings. The highest BCUT2D eigenvalue weighted by Gasteiger charge is 2.27. The van der Waals surface area contributed by atoms with E-state index in [-0.39, 0.29) is 18.2 Å². The molecule has 20 heavy (non-hydrogen) atoms. The van der Waals surface area contributed by atoms with Gasteiger partial charge >= 0.3 is 10.2 Å². The van der Waals surface area contributed by atoms with E-state index in [0.29, 0.717) is 11.3 Å². The minimum absolute atomic E-state index is 0.0667. The summed E-state index contributed by atoms with van der Waals surface area (Å²) < 4.78 is 26.2. The Hall–Kier alpha value is -1.54. The first-order valence-corrected chi connectivity index (χ1v) is 8.36. The zero-order valence-electron chi connectivity index (χ0n) is 11.2. The fraction of sp³-hybridized carbons (Fsp3) is 0.417. The van der Waals surface area contributed by atoms with Crippen LogP contribution in [-0.4, -0.2) is 23.6 Å². The van der Waals surface area contributed by atoms with Gasteiger partial charge in [0.1, 0.15) is 0 Å².